The lowest BCUT2D eigenvalue weighted by Crippen LogP contribution is -2.57. The van der Waals surface area contributed by atoms with E-state index in [-0.39, 0.29) is 63.5 Å². The van der Waals surface area contributed by atoms with Crippen molar-refractivity contribution < 1.29 is 32.2 Å². The molecule has 238 valence electrons. The van der Waals surface area contributed by atoms with Gasteiger partial charge in [0.2, 0.25) is 5.95 Å². The first-order chi connectivity index (χ1) is 21.1. The van der Waals surface area contributed by atoms with Crippen molar-refractivity contribution in [2.75, 3.05) is 18.4 Å². The minimum Gasteiger partial charge on any atom is -0.487 e. The summed E-state index contributed by atoms with van der Waals surface area (Å²) in [5.74, 6) is 0.156. The van der Waals surface area contributed by atoms with Crippen molar-refractivity contribution in [3.8, 4) is 11.5 Å². The Bertz CT molecular complexity index is 1760. The van der Waals surface area contributed by atoms with E-state index >= 15 is 0 Å². The highest BCUT2D eigenvalue weighted by Crippen LogP contribution is 2.38. The highest BCUT2D eigenvalue weighted by Gasteiger charge is 2.36. The molecule has 5 rings (SSSR count). The summed E-state index contributed by atoms with van der Waals surface area (Å²) in [7, 11) is 1.59. The van der Waals surface area contributed by atoms with E-state index in [4.69, 9.17) is 42.8 Å². The number of ether oxygens (including phenoxy) is 3. The Labute approximate surface area is 265 Å². The third kappa shape index (κ3) is 7.09. The lowest BCUT2D eigenvalue weighted by atomic mass is 10.1. The average molecular weight is 667 g/mol. The summed E-state index contributed by atoms with van der Waals surface area (Å²) in [6, 6.07) is 3.21. The molecule has 12 nitrogen and oxygen atoms in total. The monoisotopic (exact) mass is 666 g/mol. The number of rotatable bonds is 7. The van der Waals surface area contributed by atoms with Crippen LogP contribution < -0.4 is 20.1 Å². The number of hydrogen-bond acceptors (Lipinski definition) is 10. The van der Waals surface area contributed by atoms with Gasteiger partial charge in [-0.2, -0.15) is 18.2 Å². The van der Waals surface area contributed by atoms with Crippen LogP contribution in [0, 0.1) is 5.41 Å². The van der Waals surface area contributed by atoms with Crippen LogP contribution in [0.15, 0.2) is 53.2 Å². The fraction of sp³-hybridized carbons (Fsp3) is 0.321. The predicted molar refractivity (Wildman–Crippen MR) is 162 cm³/mol. The number of aliphatic imine (C=N–C) groups is 1. The van der Waals surface area contributed by atoms with Gasteiger partial charge in [0.25, 0.3) is 0 Å². The molecule has 4 heterocycles. The molecule has 1 fully saturated rings. The second-order valence-corrected chi connectivity index (χ2v) is 11.7. The second kappa shape index (κ2) is 12.1. The van der Waals surface area contributed by atoms with Crippen molar-refractivity contribution in [3.05, 3.63) is 58.8 Å². The smallest absolute Gasteiger partial charge is 0.416 e. The maximum atomic E-state index is 13.8. The molecule has 0 spiro atoms. The first kappa shape index (κ1) is 31.9. The SMILES string of the molecule is Cn1c(Nc2cc(OC3CN(C(=O)OC(C)(C)C)C3)cc(C(F)(F)F)c2)nc2ncc(O/C(C=N)=C3/NC=CN=C3Cl)c(Cl)c21. The van der Waals surface area contributed by atoms with Crippen molar-refractivity contribution >= 4 is 63.5 Å². The minimum absolute atomic E-state index is 0.00818. The normalized spacial score (nSPS) is 16.5. The van der Waals surface area contributed by atoms with Crippen LogP contribution in [0.25, 0.3) is 11.2 Å². The van der Waals surface area contributed by atoms with Gasteiger partial charge in [0.05, 0.1) is 31.1 Å². The second-order valence-electron chi connectivity index (χ2n) is 11.0. The number of nitrogens with zero attached hydrogens (tertiary/aromatic N) is 5. The maximum Gasteiger partial charge on any atom is 0.416 e. The van der Waals surface area contributed by atoms with Crippen LogP contribution in [0.5, 0.6) is 11.5 Å². The van der Waals surface area contributed by atoms with Crippen LogP contribution in [-0.2, 0) is 18.0 Å². The van der Waals surface area contributed by atoms with Crippen LogP contribution in [-0.4, -0.2) is 61.7 Å². The molecule has 17 heteroatoms. The molecule has 0 unspecified atom stereocenters. The summed E-state index contributed by atoms with van der Waals surface area (Å²) >= 11 is 12.8. The molecular formula is C28H27Cl2F3N8O4. The third-order valence-electron chi connectivity index (χ3n) is 6.39. The number of likely N-dealkylation sites (tertiary alicyclic amines) is 1. The predicted octanol–water partition coefficient (Wildman–Crippen LogP) is 6.33. The van der Waals surface area contributed by atoms with Gasteiger partial charge in [0, 0.05) is 31.2 Å². The number of aryl methyl sites for hydroxylation is 1. The number of carbonyl (C=O) groups excluding carboxylic acids is 1. The number of anilines is 2. The molecule has 0 bridgehead atoms. The van der Waals surface area contributed by atoms with Crippen molar-refractivity contribution in [1.82, 2.24) is 24.8 Å². The van der Waals surface area contributed by atoms with Gasteiger partial charge in [0.1, 0.15) is 33.7 Å². The lowest BCUT2D eigenvalue weighted by molar-refractivity contribution is -0.137. The van der Waals surface area contributed by atoms with E-state index in [0.717, 1.165) is 18.3 Å². The first-order valence-corrected chi connectivity index (χ1v) is 14.1. The zero-order chi connectivity index (χ0) is 32.7. The van der Waals surface area contributed by atoms with Gasteiger partial charge >= 0.3 is 12.3 Å². The standard InChI is InChI=1S/C28H27Cl2F3N8O4/c1-27(2,3)45-26(42)41-12-17(13-41)43-16-8-14(28(31,32)33)7-15(9-16)38-25-39-24-22(40(25)4)20(29)19(11-37-24)44-18(10-34)21-23(30)36-6-5-35-21/h5-11,17,34-35H,12-13H2,1-4H3,(H,37,38,39)/b21-18+,34-10?. The number of allylic oxidation sites excluding steroid dienone is 2. The van der Waals surface area contributed by atoms with Crippen LogP contribution >= 0.6 is 23.2 Å². The number of halogens is 5. The fourth-order valence-electron chi connectivity index (χ4n) is 4.30. The molecule has 1 saturated heterocycles. The van der Waals surface area contributed by atoms with E-state index in [1.807, 2.05) is 0 Å². The van der Waals surface area contributed by atoms with Crippen LogP contribution in [0.3, 0.4) is 0 Å². The number of pyridine rings is 1. The highest BCUT2D eigenvalue weighted by molar-refractivity contribution is 6.69. The molecule has 0 radical (unpaired) electrons. The molecule has 2 aromatic heterocycles. The number of fused-ring (bicyclic) bond motifs is 1. The Morgan fingerprint density at radius 2 is 1.93 bits per heavy atom. The van der Waals surface area contributed by atoms with E-state index in [0.29, 0.717) is 5.52 Å². The highest BCUT2D eigenvalue weighted by atomic mass is 35.5. The number of hydrogen-bond donors (Lipinski definition) is 3. The zero-order valence-corrected chi connectivity index (χ0v) is 25.8. The molecule has 2 aliphatic heterocycles. The molecule has 0 aliphatic carbocycles. The minimum atomic E-state index is -4.67. The molecular weight excluding hydrogens is 640 g/mol. The Morgan fingerprint density at radius 3 is 2.58 bits per heavy atom. The topological polar surface area (TPSA) is 139 Å². The number of amides is 1. The van der Waals surface area contributed by atoms with E-state index in [1.54, 1.807) is 27.8 Å². The largest absolute Gasteiger partial charge is 0.487 e. The van der Waals surface area contributed by atoms with Crippen molar-refractivity contribution in [2.24, 2.45) is 12.0 Å². The van der Waals surface area contributed by atoms with Gasteiger partial charge in [0.15, 0.2) is 22.3 Å². The number of benzene rings is 1. The molecule has 3 aromatic rings. The Kier molecular flexibility index (Phi) is 8.60. The van der Waals surface area contributed by atoms with Crippen LogP contribution in [0.1, 0.15) is 26.3 Å². The van der Waals surface area contributed by atoms with Gasteiger partial charge in [-0.3, -0.25) is 0 Å². The maximum absolute atomic E-state index is 13.8. The Morgan fingerprint density at radius 1 is 1.20 bits per heavy atom. The van der Waals surface area contributed by atoms with Crippen molar-refractivity contribution in [1.29, 1.82) is 5.41 Å². The number of alkyl halides is 3. The first-order valence-electron chi connectivity index (χ1n) is 13.4. The summed E-state index contributed by atoms with van der Waals surface area (Å²) in [6.07, 6.45) is -0.558. The number of nitrogens with one attached hydrogen (secondary N) is 3. The molecule has 0 saturated carbocycles. The molecule has 1 amide bonds. The van der Waals surface area contributed by atoms with Crippen molar-refractivity contribution in [2.45, 2.75) is 38.7 Å². The quantitative estimate of drug-likeness (QED) is 0.196. The molecule has 45 heavy (non-hydrogen) atoms. The Hall–Kier alpha value is -4.50. The number of imidazole rings is 1. The van der Waals surface area contributed by atoms with E-state index in [2.05, 4.69) is 25.6 Å². The van der Waals surface area contributed by atoms with Gasteiger partial charge in [-0.05, 0) is 32.9 Å². The summed E-state index contributed by atoms with van der Waals surface area (Å²) in [5.41, 5.74) is -0.863. The molecule has 3 N–H and O–H groups in total. The summed E-state index contributed by atoms with van der Waals surface area (Å²) < 4.78 is 59.9. The van der Waals surface area contributed by atoms with Gasteiger partial charge < -0.3 is 39.7 Å². The average Bonchev–Trinajstić information content (AvgIpc) is 3.24. The van der Waals surface area contributed by atoms with E-state index in [9.17, 15) is 18.0 Å². The van der Waals surface area contributed by atoms with Crippen LogP contribution in [0.4, 0.5) is 29.6 Å². The molecule has 2 aliphatic rings. The van der Waals surface area contributed by atoms with Gasteiger partial charge in [-0.1, -0.05) is 23.2 Å². The third-order valence-corrected chi connectivity index (χ3v) is 7.04. The van der Waals surface area contributed by atoms with Gasteiger partial charge in [-0.15, -0.1) is 0 Å². The fourth-order valence-corrected chi connectivity index (χ4v) is 4.80. The van der Waals surface area contributed by atoms with E-state index in [1.165, 1.54) is 34.1 Å². The molecule has 0 atom stereocenters. The lowest BCUT2D eigenvalue weighted by Gasteiger charge is -2.39. The number of carbonyl (C=O) groups is 1. The zero-order valence-electron chi connectivity index (χ0n) is 24.3. The molecule has 1 aromatic carbocycles. The van der Waals surface area contributed by atoms with Gasteiger partial charge in [-0.25, -0.2) is 14.8 Å². The summed E-state index contributed by atoms with van der Waals surface area (Å²) in [6.45, 7) is 5.54. The van der Waals surface area contributed by atoms with Crippen LogP contribution in [0.2, 0.25) is 5.02 Å². The van der Waals surface area contributed by atoms with E-state index < -0.39 is 29.5 Å². The van der Waals surface area contributed by atoms with Crippen molar-refractivity contribution in [3.63, 3.8) is 0 Å². The number of aromatic nitrogens is 3. The Balaban J connectivity index is 1.38. The summed E-state index contributed by atoms with van der Waals surface area (Å²) in [5, 5.41) is 13.6. The summed E-state index contributed by atoms with van der Waals surface area (Å²) in [4.78, 5) is 26.2.